The van der Waals surface area contributed by atoms with Gasteiger partial charge < -0.3 is 5.11 Å². The van der Waals surface area contributed by atoms with E-state index in [-0.39, 0.29) is 6.10 Å². The Labute approximate surface area is 112 Å². The van der Waals surface area contributed by atoms with Crippen LogP contribution in [0.4, 0.5) is 0 Å². The van der Waals surface area contributed by atoms with Crippen molar-refractivity contribution in [3.8, 4) is 0 Å². The predicted molar refractivity (Wildman–Crippen MR) is 74.9 cm³/mol. The molecule has 1 N–H and O–H groups in total. The van der Waals surface area contributed by atoms with Crippen LogP contribution in [0.25, 0.3) is 0 Å². The van der Waals surface area contributed by atoms with Crippen molar-refractivity contribution in [3.63, 3.8) is 0 Å². The zero-order chi connectivity index (χ0) is 12.1. The van der Waals surface area contributed by atoms with E-state index in [0.717, 1.165) is 22.4 Å². The summed E-state index contributed by atoms with van der Waals surface area (Å²) in [6.45, 7) is 0. The summed E-state index contributed by atoms with van der Waals surface area (Å²) in [6, 6.07) is 8.05. The maximum atomic E-state index is 10.2. The third kappa shape index (κ3) is 4.11. The van der Waals surface area contributed by atoms with E-state index in [9.17, 15) is 5.11 Å². The lowest BCUT2D eigenvalue weighted by Crippen LogP contribution is -2.06. The first-order valence-corrected chi connectivity index (χ1v) is 7.48. The zero-order valence-electron chi connectivity index (χ0n) is 10.2. The third-order valence-electron chi connectivity index (χ3n) is 3.79. The molecule has 1 aliphatic rings. The van der Waals surface area contributed by atoms with Gasteiger partial charge in [-0.2, -0.15) is 0 Å². The summed E-state index contributed by atoms with van der Waals surface area (Å²) in [7, 11) is 0. The number of hydrogen-bond donors (Lipinski definition) is 1. The van der Waals surface area contributed by atoms with Crippen LogP contribution >= 0.6 is 15.9 Å². The van der Waals surface area contributed by atoms with Gasteiger partial charge in [-0.3, -0.25) is 0 Å². The number of benzene rings is 1. The Bertz CT molecular complexity index is 325. The van der Waals surface area contributed by atoms with E-state index < -0.39 is 0 Å². The van der Waals surface area contributed by atoms with Crippen LogP contribution in [0.1, 0.15) is 56.6 Å². The number of aliphatic hydroxyl groups is 1. The van der Waals surface area contributed by atoms with E-state index in [2.05, 4.69) is 15.9 Å². The lowest BCUT2D eigenvalue weighted by Gasteiger charge is -2.18. The van der Waals surface area contributed by atoms with E-state index in [1.54, 1.807) is 0 Å². The van der Waals surface area contributed by atoms with Crippen LogP contribution in [0.2, 0.25) is 0 Å². The first-order chi connectivity index (χ1) is 8.25. The van der Waals surface area contributed by atoms with Gasteiger partial charge in [0.1, 0.15) is 0 Å². The van der Waals surface area contributed by atoms with Crippen LogP contribution in [0.5, 0.6) is 0 Å². The number of rotatable bonds is 3. The van der Waals surface area contributed by atoms with Crippen molar-refractivity contribution in [2.45, 2.75) is 51.0 Å². The van der Waals surface area contributed by atoms with Gasteiger partial charge in [0.15, 0.2) is 0 Å². The van der Waals surface area contributed by atoms with Crippen molar-refractivity contribution in [1.29, 1.82) is 0 Å². The second-order valence-electron chi connectivity index (χ2n) is 5.16. The second-order valence-corrected chi connectivity index (χ2v) is 6.08. The van der Waals surface area contributed by atoms with E-state index in [1.165, 1.54) is 38.5 Å². The number of halogens is 1. The zero-order valence-corrected chi connectivity index (χ0v) is 11.8. The third-order valence-corrected chi connectivity index (χ3v) is 4.31. The molecule has 0 aliphatic heterocycles. The Balaban J connectivity index is 1.91. The van der Waals surface area contributed by atoms with E-state index >= 15 is 0 Å². The minimum absolute atomic E-state index is 0.286. The molecule has 94 valence electrons. The molecule has 17 heavy (non-hydrogen) atoms. The van der Waals surface area contributed by atoms with Gasteiger partial charge in [0.05, 0.1) is 6.10 Å². The summed E-state index contributed by atoms with van der Waals surface area (Å²) in [5.41, 5.74) is 1.05. The highest BCUT2D eigenvalue weighted by molar-refractivity contribution is 9.10. The van der Waals surface area contributed by atoms with Gasteiger partial charge in [0, 0.05) is 4.47 Å². The average Bonchev–Trinajstić information content (AvgIpc) is 2.58. The topological polar surface area (TPSA) is 20.2 Å². The largest absolute Gasteiger partial charge is 0.388 e. The first kappa shape index (κ1) is 13.1. The Hall–Kier alpha value is -0.340. The molecule has 1 atom stereocenters. The Morgan fingerprint density at radius 1 is 1.06 bits per heavy atom. The molecule has 1 fully saturated rings. The summed E-state index contributed by atoms with van der Waals surface area (Å²) in [5.74, 6) is 0.719. The lowest BCUT2D eigenvalue weighted by molar-refractivity contribution is 0.139. The van der Waals surface area contributed by atoms with E-state index in [0.29, 0.717) is 0 Å². The molecule has 1 nitrogen and oxygen atoms in total. The van der Waals surface area contributed by atoms with Gasteiger partial charge in [-0.05, 0) is 30.0 Å². The van der Waals surface area contributed by atoms with Gasteiger partial charge in [0.25, 0.3) is 0 Å². The van der Waals surface area contributed by atoms with Crippen LogP contribution in [-0.2, 0) is 0 Å². The average molecular weight is 297 g/mol. The molecule has 0 spiro atoms. The molecule has 0 amide bonds. The molecule has 0 heterocycles. The molecule has 0 bridgehead atoms. The molecule has 2 rings (SSSR count). The van der Waals surface area contributed by atoms with Gasteiger partial charge in [-0.15, -0.1) is 0 Å². The monoisotopic (exact) mass is 296 g/mol. The minimum Gasteiger partial charge on any atom is -0.388 e. The summed E-state index contributed by atoms with van der Waals surface area (Å²) < 4.78 is 1.07. The second kappa shape index (κ2) is 6.55. The molecule has 0 aromatic heterocycles. The highest BCUT2D eigenvalue weighted by atomic mass is 79.9. The van der Waals surface area contributed by atoms with E-state index in [4.69, 9.17) is 0 Å². The Kier molecular flexibility index (Phi) is 5.05. The molecule has 1 aliphatic carbocycles. The molecule has 1 saturated carbocycles. The van der Waals surface area contributed by atoms with Crippen molar-refractivity contribution < 1.29 is 5.11 Å². The molecule has 1 aromatic carbocycles. The van der Waals surface area contributed by atoms with Crippen molar-refractivity contribution in [2.75, 3.05) is 0 Å². The number of hydrogen-bond acceptors (Lipinski definition) is 1. The maximum absolute atomic E-state index is 10.2. The minimum atomic E-state index is -0.286. The normalized spacial score (nSPS) is 19.9. The molecule has 0 saturated heterocycles. The molecule has 0 radical (unpaired) electrons. The van der Waals surface area contributed by atoms with Gasteiger partial charge in [0.2, 0.25) is 0 Å². The Morgan fingerprint density at radius 2 is 1.65 bits per heavy atom. The quantitative estimate of drug-likeness (QED) is 0.791. The van der Waals surface area contributed by atoms with Crippen LogP contribution in [0, 0.1) is 5.92 Å². The van der Waals surface area contributed by atoms with Crippen molar-refractivity contribution >= 4 is 15.9 Å². The van der Waals surface area contributed by atoms with Crippen molar-refractivity contribution in [3.05, 3.63) is 34.3 Å². The summed E-state index contributed by atoms with van der Waals surface area (Å²) >= 11 is 3.42. The molecular weight excluding hydrogens is 276 g/mol. The highest BCUT2D eigenvalue weighted by Gasteiger charge is 2.17. The van der Waals surface area contributed by atoms with Gasteiger partial charge in [-0.1, -0.05) is 66.6 Å². The van der Waals surface area contributed by atoms with Gasteiger partial charge >= 0.3 is 0 Å². The smallest absolute Gasteiger partial charge is 0.0792 e. The van der Waals surface area contributed by atoms with E-state index in [1.807, 2.05) is 24.3 Å². The first-order valence-electron chi connectivity index (χ1n) is 6.69. The Morgan fingerprint density at radius 3 is 2.24 bits per heavy atom. The summed E-state index contributed by atoms with van der Waals surface area (Å²) in [6.07, 6.45) is 8.69. The fourth-order valence-electron chi connectivity index (χ4n) is 2.74. The number of aliphatic hydroxyl groups excluding tert-OH is 1. The van der Waals surface area contributed by atoms with Crippen LogP contribution in [0.3, 0.4) is 0 Å². The standard InChI is InChI=1S/C15H21BrO/c16-14-9-7-13(8-10-14)15(17)11-12-5-3-1-2-4-6-12/h7-10,12,15,17H,1-6,11H2. The van der Waals surface area contributed by atoms with Crippen molar-refractivity contribution in [2.24, 2.45) is 5.92 Å². The predicted octanol–water partition coefficient (Wildman–Crippen LogP) is 4.84. The molecule has 2 heteroatoms. The van der Waals surface area contributed by atoms with Gasteiger partial charge in [-0.25, -0.2) is 0 Å². The maximum Gasteiger partial charge on any atom is 0.0792 e. The fraction of sp³-hybridized carbons (Fsp3) is 0.600. The lowest BCUT2D eigenvalue weighted by atomic mass is 9.91. The summed E-state index contributed by atoms with van der Waals surface area (Å²) in [4.78, 5) is 0. The molecule has 1 unspecified atom stereocenters. The molecule has 1 aromatic rings. The van der Waals surface area contributed by atoms with Crippen LogP contribution in [0.15, 0.2) is 28.7 Å². The fourth-order valence-corrected chi connectivity index (χ4v) is 3.00. The van der Waals surface area contributed by atoms with Crippen molar-refractivity contribution in [1.82, 2.24) is 0 Å². The van der Waals surface area contributed by atoms with Crippen LogP contribution in [-0.4, -0.2) is 5.11 Å². The summed E-state index contributed by atoms with van der Waals surface area (Å²) in [5, 5.41) is 10.2. The molecular formula is C15H21BrO. The van der Waals surface area contributed by atoms with Crippen LogP contribution < -0.4 is 0 Å². The highest BCUT2D eigenvalue weighted by Crippen LogP contribution is 2.31. The SMILES string of the molecule is OC(CC1CCCCCC1)c1ccc(Br)cc1.